The lowest BCUT2D eigenvalue weighted by Gasteiger charge is -2.20. The second-order valence-electron chi connectivity index (χ2n) is 4.33. The monoisotopic (exact) mass is 311 g/mol. The lowest BCUT2D eigenvalue weighted by atomic mass is 9.99. The Hall–Kier alpha value is -0.650. The van der Waals surface area contributed by atoms with Crippen LogP contribution in [-0.2, 0) is 0 Å². The van der Waals surface area contributed by atoms with Gasteiger partial charge in [-0.05, 0) is 47.4 Å². The predicted octanol–water partition coefficient (Wildman–Crippen LogP) is 3.37. The highest BCUT2D eigenvalue weighted by molar-refractivity contribution is 9.11. The summed E-state index contributed by atoms with van der Waals surface area (Å²) in [5.41, 5.74) is 1.13. The van der Waals surface area contributed by atoms with E-state index in [9.17, 15) is 0 Å². The number of H-pyrrole nitrogens is 1. The van der Waals surface area contributed by atoms with E-state index < -0.39 is 0 Å². The van der Waals surface area contributed by atoms with Crippen molar-refractivity contribution >= 4 is 27.3 Å². The van der Waals surface area contributed by atoms with Gasteiger partial charge >= 0.3 is 0 Å². The fraction of sp³-hybridized carbons (Fsp3) is 0.417. The molecule has 1 saturated heterocycles. The first-order valence-electron chi connectivity index (χ1n) is 5.84. The van der Waals surface area contributed by atoms with Gasteiger partial charge in [-0.3, -0.25) is 0 Å². The van der Waals surface area contributed by atoms with Gasteiger partial charge < -0.3 is 10.3 Å². The third kappa shape index (κ3) is 2.46. The van der Waals surface area contributed by atoms with E-state index in [1.807, 2.05) is 6.20 Å². The Morgan fingerprint density at radius 3 is 3.06 bits per heavy atom. The summed E-state index contributed by atoms with van der Waals surface area (Å²) < 4.78 is 1.16. The second-order valence-corrected chi connectivity index (χ2v) is 6.79. The Labute approximate surface area is 113 Å². The van der Waals surface area contributed by atoms with Gasteiger partial charge in [-0.2, -0.15) is 0 Å². The first-order valence-corrected chi connectivity index (χ1v) is 7.45. The van der Waals surface area contributed by atoms with Gasteiger partial charge in [0.1, 0.15) is 5.82 Å². The van der Waals surface area contributed by atoms with Gasteiger partial charge in [-0.15, -0.1) is 11.3 Å². The van der Waals surface area contributed by atoms with Crippen LogP contribution in [0.4, 0.5) is 0 Å². The van der Waals surface area contributed by atoms with Gasteiger partial charge in [0.15, 0.2) is 0 Å². The van der Waals surface area contributed by atoms with Crippen LogP contribution >= 0.6 is 27.3 Å². The molecule has 1 fully saturated rings. The number of nitrogens with zero attached hydrogens (tertiary/aromatic N) is 1. The molecular weight excluding hydrogens is 298 g/mol. The Morgan fingerprint density at radius 1 is 1.41 bits per heavy atom. The van der Waals surface area contributed by atoms with Crippen molar-refractivity contribution < 1.29 is 0 Å². The molecule has 5 heteroatoms. The van der Waals surface area contributed by atoms with E-state index in [0.717, 1.165) is 28.4 Å². The molecule has 0 bridgehead atoms. The van der Waals surface area contributed by atoms with Crippen LogP contribution in [-0.4, -0.2) is 23.1 Å². The summed E-state index contributed by atoms with van der Waals surface area (Å²) in [5.74, 6) is 1.66. The van der Waals surface area contributed by atoms with Crippen LogP contribution < -0.4 is 5.32 Å². The molecule has 1 atom stereocenters. The molecule has 0 aliphatic carbocycles. The van der Waals surface area contributed by atoms with Crippen molar-refractivity contribution in [1.82, 2.24) is 15.3 Å². The van der Waals surface area contributed by atoms with Crippen LogP contribution in [0.1, 0.15) is 24.6 Å². The molecule has 3 rings (SSSR count). The van der Waals surface area contributed by atoms with Crippen molar-refractivity contribution in [3.63, 3.8) is 0 Å². The number of halogens is 1. The molecule has 90 valence electrons. The molecule has 17 heavy (non-hydrogen) atoms. The van der Waals surface area contributed by atoms with E-state index in [-0.39, 0.29) is 0 Å². The van der Waals surface area contributed by atoms with Crippen molar-refractivity contribution in [2.45, 2.75) is 18.8 Å². The molecule has 1 unspecified atom stereocenters. The first-order chi connectivity index (χ1) is 8.33. The highest BCUT2D eigenvalue weighted by Crippen LogP contribution is 2.31. The zero-order chi connectivity index (χ0) is 11.7. The average Bonchev–Trinajstić information content (AvgIpc) is 2.98. The molecule has 3 nitrogen and oxygen atoms in total. The Balaban J connectivity index is 1.82. The highest BCUT2D eigenvalue weighted by atomic mass is 79.9. The lowest BCUT2D eigenvalue weighted by Crippen LogP contribution is -2.28. The molecule has 2 aromatic rings. The van der Waals surface area contributed by atoms with Crippen molar-refractivity contribution in [3.05, 3.63) is 27.9 Å². The topological polar surface area (TPSA) is 40.7 Å². The van der Waals surface area contributed by atoms with Gasteiger partial charge in [0, 0.05) is 12.5 Å². The second kappa shape index (κ2) is 4.92. The number of thiophene rings is 1. The molecule has 3 heterocycles. The van der Waals surface area contributed by atoms with E-state index in [4.69, 9.17) is 0 Å². The summed E-state index contributed by atoms with van der Waals surface area (Å²) in [6, 6.07) is 4.19. The van der Waals surface area contributed by atoms with E-state index in [1.54, 1.807) is 11.3 Å². The number of hydrogen-bond donors (Lipinski definition) is 2. The summed E-state index contributed by atoms with van der Waals surface area (Å²) >= 11 is 5.22. The number of piperidine rings is 1. The lowest BCUT2D eigenvalue weighted by molar-refractivity contribution is 0.449. The van der Waals surface area contributed by atoms with Gasteiger partial charge in [0.05, 0.1) is 20.6 Å². The minimum absolute atomic E-state index is 0.543. The molecule has 0 radical (unpaired) electrons. The molecule has 1 aliphatic rings. The van der Waals surface area contributed by atoms with Crippen LogP contribution in [0.3, 0.4) is 0 Å². The third-order valence-corrected chi connectivity index (χ3v) is 4.77. The van der Waals surface area contributed by atoms with Crippen LogP contribution in [0.2, 0.25) is 0 Å². The summed E-state index contributed by atoms with van der Waals surface area (Å²) in [6.07, 6.45) is 4.42. The van der Waals surface area contributed by atoms with Crippen molar-refractivity contribution in [2.24, 2.45) is 0 Å². The minimum atomic E-state index is 0.543. The average molecular weight is 312 g/mol. The summed E-state index contributed by atoms with van der Waals surface area (Å²) in [6.45, 7) is 2.18. The molecule has 0 saturated carbocycles. The number of nitrogens with one attached hydrogen (secondary N) is 2. The van der Waals surface area contributed by atoms with Gasteiger partial charge in [0.2, 0.25) is 0 Å². The molecule has 0 amide bonds. The summed E-state index contributed by atoms with van der Waals surface area (Å²) in [5, 5.41) is 3.42. The van der Waals surface area contributed by atoms with Gasteiger partial charge in [-0.25, -0.2) is 4.98 Å². The molecule has 2 N–H and O–H groups in total. The number of rotatable bonds is 2. The number of imidazole rings is 1. The maximum absolute atomic E-state index is 4.52. The fourth-order valence-electron chi connectivity index (χ4n) is 2.21. The Bertz CT molecular complexity index is 499. The quantitative estimate of drug-likeness (QED) is 0.892. The van der Waals surface area contributed by atoms with Crippen LogP contribution in [0, 0.1) is 0 Å². The molecule has 2 aromatic heterocycles. The molecular formula is C12H14BrN3S. The smallest absolute Gasteiger partial charge is 0.110 e. The van der Waals surface area contributed by atoms with Gasteiger partial charge in [0.25, 0.3) is 0 Å². The van der Waals surface area contributed by atoms with E-state index in [2.05, 4.69) is 43.3 Å². The zero-order valence-electron chi connectivity index (χ0n) is 9.37. The standard InChI is InChI=1S/C12H14BrN3S/c13-11-4-3-10(17-11)9-7-15-12(16-9)8-2-1-5-14-6-8/h3-4,7-8,14H,1-2,5-6H2,(H,15,16). The molecule has 0 spiro atoms. The number of hydrogen-bond acceptors (Lipinski definition) is 3. The number of aromatic amines is 1. The maximum Gasteiger partial charge on any atom is 0.110 e. The Morgan fingerprint density at radius 2 is 2.35 bits per heavy atom. The molecule has 0 aromatic carbocycles. The zero-order valence-corrected chi connectivity index (χ0v) is 11.8. The van der Waals surface area contributed by atoms with E-state index >= 15 is 0 Å². The Kier molecular flexibility index (Phi) is 3.31. The van der Waals surface area contributed by atoms with Gasteiger partial charge in [-0.1, -0.05) is 0 Å². The maximum atomic E-state index is 4.52. The normalized spacial score (nSPS) is 20.6. The van der Waals surface area contributed by atoms with Crippen LogP contribution in [0.5, 0.6) is 0 Å². The van der Waals surface area contributed by atoms with E-state index in [0.29, 0.717) is 5.92 Å². The number of aromatic nitrogens is 2. The third-order valence-electron chi connectivity index (χ3n) is 3.12. The van der Waals surface area contributed by atoms with Crippen molar-refractivity contribution in [3.8, 4) is 10.6 Å². The van der Waals surface area contributed by atoms with Crippen LogP contribution in [0.15, 0.2) is 22.1 Å². The van der Waals surface area contributed by atoms with E-state index in [1.165, 1.54) is 17.7 Å². The van der Waals surface area contributed by atoms with Crippen LogP contribution in [0.25, 0.3) is 10.6 Å². The fourth-order valence-corrected chi connectivity index (χ4v) is 3.56. The first kappa shape index (κ1) is 11.4. The minimum Gasteiger partial charge on any atom is -0.341 e. The van der Waals surface area contributed by atoms with Crippen molar-refractivity contribution in [1.29, 1.82) is 0 Å². The largest absolute Gasteiger partial charge is 0.341 e. The predicted molar refractivity (Wildman–Crippen MR) is 74.4 cm³/mol. The van der Waals surface area contributed by atoms with Crippen molar-refractivity contribution in [2.75, 3.05) is 13.1 Å². The summed E-state index contributed by atoms with van der Waals surface area (Å²) in [7, 11) is 0. The molecule has 1 aliphatic heterocycles. The summed E-state index contributed by atoms with van der Waals surface area (Å²) in [4.78, 5) is 9.21. The SMILES string of the molecule is Brc1ccc(-c2cnc(C3CCCNC3)[nH]2)s1. The highest BCUT2D eigenvalue weighted by Gasteiger charge is 2.18.